The fourth-order valence-corrected chi connectivity index (χ4v) is 4.74. The van der Waals surface area contributed by atoms with E-state index in [-0.39, 0.29) is 16.8 Å². The van der Waals surface area contributed by atoms with Crippen molar-refractivity contribution in [2.75, 3.05) is 19.8 Å². The van der Waals surface area contributed by atoms with Crippen LogP contribution in [-0.4, -0.2) is 50.0 Å². The third kappa shape index (κ3) is 3.87. The Labute approximate surface area is 158 Å². The van der Waals surface area contributed by atoms with Crippen molar-refractivity contribution in [2.45, 2.75) is 30.3 Å². The van der Waals surface area contributed by atoms with Gasteiger partial charge in [0.2, 0.25) is 10.0 Å². The second-order valence-corrected chi connectivity index (χ2v) is 8.52. The quantitative estimate of drug-likeness (QED) is 0.855. The molecule has 2 aliphatic rings. The molecule has 1 aromatic heterocycles. The van der Waals surface area contributed by atoms with Gasteiger partial charge in [-0.2, -0.15) is 0 Å². The van der Waals surface area contributed by atoms with E-state index < -0.39 is 10.0 Å². The maximum atomic E-state index is 12.6. The summed E-state index contributed by atoms with van der Waals surface area (Å²) in [4.78, 5) is 18.7. The number of benzene rings is 1. The number of rotatable bonds is 4. The zero-order chi connectivity index (χ0) is 18.9. The van der Waals surface area contributed by atoms with Crippen molar-refractivity contribution in [1.82, 2.24) is 14.6 Å². The van der Waals surface area contributed by atoms with Crippen molar-refractivity contribution in [3.8, 4) is 0 Å². The molecule has 2 aromatic rings. The van der Waals surface area contributed by atoms with Crippen LogP contribution in [0.3, 0.4) is 0 Å². The second kappa shape index (κ2) is 7.38. The highest BCUT2D eigenvalue weighted by Gasteiger charge is 2.26. The monoisotopic (exact) mass is 387 g/mol. The number of hydrogen-bond acceptors (Lipinski definition) is 5. The lowest BCUT2D eigenvalue weighted by Crippen LogP contribution is -2.37. The molecule has 142 valence electrons. The lowest BCUT2D eigenvalue weighted by Gasteiger charge is -2.29. The molecule has 0 aliphatic carbocycles. The Kier molecular flexibility index (Phi) is 4.94. The maximum absolute atomic E-state index is 12.6. The van der Waals surface area contributed by atoms with Crippen LogP contribution >= 0.6 is 0 Å². The first-order valence-electron chi connectivity index (χ1n) is 8.95. The molecule has 0 bridgehead atoms. The average molecular weight is 387 g/mol. The van der Waals surface area contributed by atoms with Crippen LogP contribution in [-0.2, 0) is 27.7 Å². The minimum atomic E-state index is -3.57. The summed E-state index contributed by atoms with van der Waals surface area (Å²) in [5.41, 5.74) is 2.35. The Morgan fingerprint density at radius 3 is 2.85 bits per heavy atom. The molecule has 0 spiro atoms. The van der Waals surface area contributed by atoms with Crippen LogP contribution in [0.15, 0.2) is 47.5 Å². The molecule has 1 N–H and O–H groups in total. The SMILES string of the molecule is O=C(c1ccccn1)N1CCc2cc(S(=O)(=O)N[C@@H]3CCOC3)ccc2C1. The molecular formula is C19H21N3O4S. The van der Waals surface area contributed by atoms with E-state index in [1.807, 2.05) is 0 Å². The van der Waals surface area contributed by atoms with Crippen LogP contribution in [0.4, 0.5) is 0 Å². The molecular weight excluding hydrogens is 366 g/mol. The minimum absolute atomic E-state index is 0.110. The smallest absolute Gasteiger partial charge is 0.272 e. The van der Waals surface area contributed by atoms with Crippen LogP contribution < -0.4 is 4.72 Å². The van der Waals surface area contributed by atoms with E-state index in [1.165, 1.54) is 0 Å². The Balaban J connectivity index is 1.50. The standard InChI is InChI=1S/C19H21N3O4S/c23-19(18-3-1-2-8-20-18)22-9-6-14-11-17(5-4-15(14)12-22)27(24,25)21-16-7-10-26-13-16/h1-5,8,11,16,21H,6-7,9-10,12-13H2/t16-/m1/s1. The number of sulfonamides is 1. The molecule has 8 heteroatoms. The fraction of sp³-hybridized carbons (Fsp3) is 0.368. The predicted molar refractivity (Wildman–Crippen MR) is 98.7 cm³/mol. The van der Waals surface area contributed by atoms with Crippen molar-refractivity contribution in [3.05, 3.63) is 59.4 Å². The number of ether oxygens (including phenoxy) is 1. The normalized spacial score (nSPS) is 19.7. The van der Waals surface area contributed by atoms with Gasteiger partial charge in [-0.05, 0) is 48.2 Å². The number of fused-ring (bicyclic) bond motifs is 1. The van der Waals surface area contributed by atoms with Crippen molar-refractivity contribution >= 4 is 15.9 Å². The van der Waals surface area contributed by atoms with Gasteiger partial charge >= 0.3 is 0 Å². The number of carbonyl (C=O) groups is 1. The van der Waals surface area contributed by atoms with Gasteiger partial charge in [-0.3, -0.25) is 9.78 Å². The summed E-state index contributed by atoms with van der Waals surface area (Å²) in [6.07, 6.45) is 2.91. The molecule has 7 nitrogen and oxygen atoms in total. The van der Waals surface area contributed by atoms with Crippen LogP contribution in [0, 0.1) is 0 Å². The Morgan fingerprint density at radius 2 is 2.11 bits per heavy atom. The van der Waals surface area contributed by atoms with Crippen molar-refractivity contribution < 1.29 is 17.9 Å². The number of pyridine rings is 1. The van der Waals surface area contributed by atoms with Gasteiger partial charge in [0, 0.05) is 31.9 Å². The first-order valence-corrected chi connectivity index (χ1v) is 10.4. The molecule has 1 atom stereocenters. The maximum Gasteiger partial charge on any atom is 0.272 e. The Morgan fingerprint density at radius 1 is 1.22 bits per heavy atom. The van der Waals surface area contributed by atoms with E-state index in [1.54, 1.807) is 47.5 Å². The molecule has 0 radical (unpaired) electrons. The number of nitrogens with one attached hydrogen (secondary N) is 1. The van der Waals surface area contributed by atoms with Crippen LogP contribution in [0.1, 0.15) is 28.0 Å². The van der Waals surface area contributed by atoms with E-state index in [2.05, 4.69) is 9.71 Å². The van der Waals surface area contributed by atoms with Gasteiger partial charge in [0.15, 0.2) is 0 Å². The Hall–Kier alpha value is -2.29. The van der Waals surface area contributed by atoms with Crippen LogP contribution in [0.25, 0.3) is 0 Å². The largest absolute Gasteiger partial charge is 0.380 e. The van der Waals surface area contributed by atoms with Crippen molar-refractivity contribution in [2.24, 2.45) is 0 Å². The summed E-state index contributed by atoms with van der Waals surface area (Å²) < 4.78 is 33.1. The van der Waals surface area contributed by atoms with E-state index in [4.69, 9.17) is 4.74 Å². The second-order valence-electron chi connectivity index (χ2n) is 6.80. The lowest BCUT2D eigenvalue weighted by atomic mass is 9.99. The van der Waals surface area contributed by atoms with Crippen molar-refractivity contribution in [3.63, 3.8) is 0 Å². The molecule has 2 aliphatic heterocycles. The van der Waals surface area contributed by atoms with E-state index in [0.717, 1.165) is 11.1 Å². The molecule has 0 saturated carbocycles. The number of aromatic nitrogens is 1. The summed E-state index contributed by atoms with van der Waals surface area (Å²) in [5.74, 6) is -0.110. The third-order valence-corrected chi connectivity index (χ3v) is 6.44. The molecule has 3 heterocycles. The number of nitrogens with zero attached hydrogens (tertiary/aromatic N) is 2. The van der Waals surface area contributed by atoms with Crippen molar-refractivity contribution in [1.29, 1.82) is 0 Å². The zero-order valence-electron chi connectivity index (χ0n) is 14.8. The number of hydrogen-bond donors (Lipinski definition) is 1. The van der Waals surface area contributed by atoms with E-state index >= 15 is 0 Å². The minimum Gasteiger partial charge on any atom is -0.380 e. The molecule has 1 fully saturated rings. The molecule has 1 saturated heterocycles. The molecule has 27 heavy (non-hydrogen) atoms. The summed E-state index contributed by atoms with van der Waals surface area (Å²) >= 11 is 0. The molecule has 4 rings (SSSR count). The highest BCUT2D eigenvalue weighted by molar-refractivity contribution is 7.89. The van der Waals surface area contributed by atoms with Gasteiger partial charge < -0.3 is 9.64 Å². The summed E-state index contributed by atoms with van der Waals surface area (Å²) in [6.45, 7) is 1.98. The first kappa shape index (κ1) is 18.1. The van der Waals surface area contributed by atoms with E-state index in [9.17, 15) is 13.2 Å². The number of amides is 1. The fourth-order valence-electron chi connectivity index (χ4n) is 3.44. The third-order valence-electron chi connectivity index (χ3n) is 4.92. The van der Waals surface area contributed by atoms with Gasteiger partial charge in [0.05, 0.1) is 11.5 Å². The van der Waals surface area contributed by atoms with Gasteiger partial charge in [0.25, 0.3) is 5.91 Å². The highest BCUT2D eigenvalue weighted by atomic mass is 32.2. The van der Waals surface area contributed by atoms with Crippen LogP contribution in [0.5, 0.6) is 0 Å². The van der Waals surface area contributed by atoms with Gasteiger partial charge in [-0.25, -0.2) is 13.1 Å². The van der Waals surface area contributed by atoms with E-state index in [0.29, 0.717) is 44.8 Å². The average Bonchev–Trinajstić information content (AvgIpc) is 3.19. The predicted octanol–water partition coefficient (Wildman–Crippen LogP) is 1.35. The molecule has 0 unspecified atom stereocenters. The Bertz CT molecular complexity index is 941. The highest BCUT2D eigenvalue weighted by Crippen LogP contribution is 2.24. The van der Waals surface area contributed by atoms with Gasteiger partial charge in [-0.1, -0.05) is 12.1 Å². The summed E-state index contributed by atoms with van der Waals surface area (Å²) in [5, 5.41) is 0. The van der Waals surface area contributed by atoms with Crippen LogP contribution in [0.2, 0.25) is 0 Å². The topological polar surface area (TPSA) is 88.6 Å². The lowest BCUT2D eigenvalue weighted by molar-refractivity contribution is 0.0728. The zero-order valence-corrected chi connectivity index (χ0v) is 15.6. The summed E-state index contributed by atoms with van der Waals surface area (Å²) in [6, 6.07) is 10.2. The first-order chi connectivity index (χ1) is 13.0. The number of carbonyl (C=O) groups excluding carboxylic acids is 1. The molecule has 1 amide bonds. The van der Waals surface area contributed by atoms with Gasteiger partial charge in [-0.15, -0.1) is 0 Å². The molecule has 1 aromatic carbocycles. The van der Waals surface area contributed by atoms with Gasteiger partial charge in [0.1, 0.15) is 5.69 Å². The summed E-state index contributed by atoms with van der Waals surface area (Å²) in [7, 11) is -3.57.